The van der Waals surface area contributed by atoms with Gasteiger partial charge in [0.25, 0.3) is 10.0 Å². The first kappa shape index (κ1) is 24.3. The van der Waals surface area contributed by atoms with Crippen molar-refractivity contribution in [3.05, 3.63) is 54.6 Å². The van der Waals surface area contributed by atoms with Crippen molar-refractivity contribution < 1.29 is 23.1 Å². The number of hydrogen-bond donors (Lipinski definition) is 1. The van der Waals surface area contributed by atoms with E-state index in [4.69, 9.17) is 4.74 Å². The van der Waals surface area contributed by atoms with E-state index in [-0.39, 0.29) is 23.6 Å². The first-order chi connectivity index (χ1) is 17.1. The third kappa shape index (κ3) is 4.22. The van der Waals surface area contributed by atoms with E-state index in [9.17, 15) is 18.3 Å². The summed E-state index contributed by atoms with van der Waals surface area (Å²) >= 11 is 0. The van der Waals surface area contributed by atoms with Crippen molar-refractivity contribution in [3.63, 3.8) is 0 Å². The Morgan fingerprint density at radius 1 is 1.14 bits per heavy atom. The maximum atomic E-state index is 13.3. The summed E-state index contributed by atoms with van der Waals surface area (Å²) < 4.78 is 35.3. The standard InChI is InChI=1S/C25H29N5O5S/c1-25(2,3)35-24(32)28-12-9-17(10-13-28)30-21(16-31)27-20-15-26-23-19(22(20)30)11-14-29(23)36(33,34)18-7-5-4-6-8-18/h4-8,11,14-15,17,31H,9-10,12-13,16H2,1-3H3. The van der Waals surface area contributed by atoms with Crippen LogP contribution in [0.2, 0.25) is 0 Å². The zero-order valence-corrected chi connectivity index (χ0v) is 21.3. The van der Waals surface area contributed by atoms with Gasteiger partial charge in [-0.3, -0.25) is 0 Å². The van der Waals surface area contributed by atoms with Gasteiger partial charge in [0.05, 0.1) is 16.6 Å². The molecule has 5 rings (SSSR count). The predicted octanol–water partition coefficient (Wildman–Crippen LogP) is 3.69. The largest absolute Gasteiger partial charge is 0.444 e. The van der Waals surface area contributed by atoms with Crippen LogP contribution in [0.3, 0.4) is 0 Å². The summed E-state index contributed by atoms with van der Waals surface area (Å²) in [4.78, 5) is 23.4. The summed E-state index contributed by atoms with van der Waals surface area (Å²) in [7, 11) is -3.84. The van der Waals surface area contributed by atoms with Gasteiger partial charge in [-0.2, -0.15) is 0 Å². The van der Waals surface area contributed by atoms with Crippen LogP contribution in [0.15, 0.2) is 53.7 Å². The van der Waals surface area contributed by atoms with E-state index >= 15 is 0 Å². The van der Waals surface area contributed by atoms with Crippen molar-refractivity contribution in [2.45, 2.75) is 56.8 Å². The lowest BCUT2D eigenvalue weighted by atomic mass is 10.0. The molecule has 10 nitrogen and oxygen atoms in total. The van der Waals surface area contributed by atoms with Crippen LogP contribution in [0.4, 0.5) is 4.79 Å². The Labute approximate surface area is 209 Å². The number of pyridine rings is 1. The number of piperidine rings is 1. The van der Waals surface area contributed by atoms with Gasteiger partial charge in [0.2, 0.25) is 0 Å². The highest BCUT2D eigenvalue weighted by molar-refractivity contribution is 7.90. The quantitative estimate of drug-likeness (QED) is 0.444. The molecule has 1 fully saturated rings. The number of likely N-dealkylation sites (tertiary alicyclic amines) is 1. The van der Waals surface area contributed by atoms with Crippen LogP contribution < -0.4 is 0 Å². The number of hydrogen-bond acceptors (Lipinski definition) is 7. The third-order valence-electron chi connectivity index (χ3n) is 6.32. The zero-order chi connectivity index (χ0) is 25.7. The second kappa shape index (κ2) is 8.90. The minimum absolute atomic E-state index is 0.0319. The number of amides is 1. The van der Waals surface area contributed by atoms with Gasteiger partial charge < -0.3 is 19.3 Å². The van der Waals surface area contributed by atoms with Gasteiger partial charge >= 0.3 is 6.09 Å². The normalized spacial score (nSPS) is 15.6. The average Bonchev–Trinajstić information content (AvgIpc) is 3.45. The number of benzene rings is 1. The Balaban J connectivity index is 1.53. The fourth-order valence-electron chi connectivity index (χ4n) is 4.73. The molecule has 0 unspecified atom stereocenters. The molecule has 36 heavy (non-hydrogen) atoms. The summed E-state index contributed by atoms with van der Waals surface area (Å²) in [5.41, 5.74) is 1.03. The van der Waals surface area contributed by atoms with E-state index in [1.165, 1.54) is 10.2 Å². The number of imidazole rings is 1. The van der Waals surface area contributed by atoms with Crippen LogP contribution in [0.5, 0.6) is 0 Å². The topological polar surface area (TPSA) is 120 Å². The molecule has 0 spiro atoms. The molecule has 3 aromatic heterocycles. The lowest BCUT2D eigenvalue weighted by Crippen LogP contribution is -2.42. The van der Waals surface area contributed by atoms with Gasteiger partial charge in [-0.1, -0.05) is 18.2 Å². The number of rotatable bonds is 4. The second-order valence-corrected chi connectivity index (χ2v) is 11.7. The summed E-state index contributed by atoms with van der Waals surface area (Å²) in [5.74, 6) is 0.480. The van der Waals surface area contributed by atoms with Crippen molar-refractivity contribution in [1.29, 1.82) is 0 Å². The summed E-state index contributed by atoms with van der Waals surface area (Å²) in [5, 5.41) is 10.7. The van der Waals surface area contributed by atoms with Crippen molar-refractivity contribution in [3.8, 4) is 0 Å². The Bertz CT molecular complexity index is 1530. The zero-order valence-electron chi connectivity index (χ0n) is 20.5. The smallest absolute Gasteiger partial charge is 0.410 e. The van der Waals surface area contributed by atoms with E-state index in [2.05, 4.69) is 9.97 Å². The number of aromatic nitrogens is 4. The maximum absolute atomic E-state index is 13.3. The fourth-order valence-corrected chi connectivity index (χ4v) is 6.06. The summed E-state index contributed by atoms with van der Waals surface area (Å²) in [6.07, 6.45) is 3.99. The highest BCUT2D eigenvalue weighted by Crippen LogP contribution is 2.34. The molecule has 1 aliphatic heterocycles. The molecule has 0 radical (unpaired) electrons. The number of ether oxygens (including phenoxy) is 1. The van der Waals surface area contributed by atoms with Crippen molar-refractivity contribution in [1.82, 2.24) is 23.4 Å². The van der Waals surface area contributed by atoms with Crippen LogP contribution in [-0.2, 0) is 21.4 Å². The number of carbonyl (C=O) groups is 1. The second-order valence-electron chi connectivity index (χ2n) is 9.91. The van der Waals surface area contributed by atoms with Gasteiger partial charge in [-0.25, -0.2) is 27.2 Å². The fraction of sp³-hybridized carbons (Fsp3) is 0.400. The molecule has 4 aromatic rings. The number of nitrogens with zero attached hydrogens (tertiary/aromatic N) is 5. The van der Waals surface area contributed by atoms with Crippen LogP contribution in [-0.4, -0.2) is 61.7 Å². The minimum Gasteiger partial charge on any atom is -0.444 e. The van der Waals surface area contributed by atoms with E-state index < -0.39 is 15.6 Å². The van der Waals surface area contributed by atoms with Crippen LogP contribution in [0.25, 0.3) is 22.1 Å². The Hall–Kier alpha value is -3.44. The first-order valence-electron chi connectivity index (χ1n) is 11.9. The highest BCUT2D eigenvalue weighted by atomic mass is 32.2. The van der Waals surface area contributed by atoms with Gasteiger partial charge in [0.15, 0.2) is 5.65 Å². The molecular weight excluding hydrogens is 482 g/mol. The molecule has 1 saturated heterocycles. The molecule has 1 aliphatic rings. The summed E-state index contributed by atoms with van der Waals surface area (Å²) in [6.45, 7) is 6.25. The monoisotopic (exact) mass is 511 g/mol. The molecule has 4 heterocycles. The van der Waals surface area contributed by atoms with Crippen LogP contribution >= 0.6 is 0 Å². The van der Waals surface area contributed by atoms with Crippen LogP contribution in [0, 0.1) is 0 Å². The summed E-state index contributed by atoms with van der Waals surface area (Å²) in [6, 6.07) is 9.90. The molecule has 0 bridgehead atoms. The molecule has 1 N–H and O–H groups in total. The number of aliphatic hydroxyl groups excluding tert-OH is 1. The SMILES string of the molecule is CC(C)(C)OC(=O)N1CCC(n2c(CO)nc3cnc4c(ccn4S(=O)(=O)c4ccccc4)c32)CC1. The van der Waals surface area contributed by atoms with E-state index in [0.717, 1.165) is 5.52 Å². The van der Waals surface area contributed by atoms with Crippen molar-refractivity contribution in [2.24, 2.45) is 0 Å². The molecule has 11 heteroatoms. The van der Waals surface area contributed by atoms with Gasteiger partial charge in [-0.05, 0) is 51.8 Å². The molecule has 1 aromatic carbocycles. The molecule has 0 aliphatic carbocycles. The van der Waals surface area contributed by atoms with E-state index in [0.29, 0.717) is 48.3 Å². The van der Waals surface area contributed by atoms with E-state index in [1.54, 1.807) is 47.5 Å². The van der Waals surface area contributed by atoms with Crippen molar-refractivity contribution >= 4 is 38.2 Å². The number of carbonyl (C=O) groups excluding carboxylic acids is 1. The predicted molar refractivity (Wildman–Crippen MR) is 134 cm³/mol. The van der Waals surface area contributed by atoms with Crippen LogP contribution in [0.1, 0.15) is 45.5 Å². The van der Waals surface area contributed by atoms with Gasteiger partial charge in [0.1, 0.15) is 23.5 Å². The molecular formula is C25H29N5O5S. The Morgan fingerprint density at radius 2 is 1.83 bits per heavy atom. The lowest BCUT2D eigenvalue weighted by Gasteiger charge is -2.34. The molecule has 0 saturated carbocycles. The Morgan fingerprint density at radius 3 is 2.47 bits per heavy atom. The molecule has 190 valence electrons. The van der Waals surface area contributed by atoms with E-state index in [1.807, 2.05) is 25.3 Å². The highest BCUT2D eigenvalue weighted by Gasteiger charge is 2.30. The van der Waals surface area contributed by atoms with Gasteiger partial charge in [-0.15, -0.1) is 0 Å². The molecule has 0 atom stereocenters. The number of fused-ring (bicyclic) bond motifs is 3. The molecule has 1 amide bonds. The van der Waals surface area contributed by atoms with Gasteiger partial charge in [0, 0.05) is 30.7 Å². The number of aliphatic hydroxyl groups is 1. The maximum Gasteiger partial charge on any atom is 0.410 e. The average molecular weight is 512 g/mol. The third-order valence-corrected chi connectivity index (χ3v) is 8.00. The lowest BCUT2D eigenvalue weighted by molar-refractivity contribution is 0.0188. The van der Waals surface area contributed by atoms with Crippen molar-refractivity contribution in [2.75, 3.05) is 13.1 Å². The first-order valence-corrected chi connectivity index (χ1v) is 13.3. The minimum atomic E-state index is -3.84. The Kier molecular flexibility index (Phi) is 6.00.